The molecule has 0 aliphatic rings. The molecule has 0 aliphatic heterocycles. The van der Waals surface area contributed by atoms with Gasteiger partial charge in [-0.25, -0.2) is 0 Å². The van der Waals surface area contributed by atoms with Gasteiger partial charge < -0.3 is 0 Å². The van der Waals surface area contributed by atoms with Crippen molar-refractivity contribution in [1.29, 1.82) is 0 Å². The van der Waals surface area contributed by atoms with Gasteiger partial charge in [-0.1, -0.05) is 34.9 Å². The van der Waals surface area contributed by atoms with Crippen LogP contribution in [0, 0.1) is 20.8 Å². The molecule has 0 amide bonds. The molecule has 0 heterocycles. The van der Waals surface area contributed by atoms with Crippen LogP contribution in [0.2, 0.25) is 0 Å². The Hall–Kier alpha value is -0.261. The first kappa shape index (κ1) is 9.74. The number of hydrogen-bond acceptors (Lipinski definition) is 0. The van der Waals surface area contributed by atoms with E-state index in [4.69, 9.17) is 0 Å². The fraction of sp³-hybridized carbons (Fsp3) is 0.333. The molecule has 1 heteroatoms. The third kappa shape index (κ3) is 2.55. The summed E-state index contributed by atoms with van der Waals surface area (Å²) in [5, 5.41) is 0. The molecule has 0 unspecified atom stereocenters. The Kier molecular flexibility index (Phi) is 3.70. The topological polar surface area (TPSA) is 0 Å². The fourth-order valence-corrected chi connectivity index (χ4v) is 1.20. The van der Waals surface area contributed by atoms with E-state index in [0.29, 0.717) is 0 Å². The van der Waals surface area contributed by atoms with Crippen LogP contribution in [0.3, 0.4) is 0 Å². The summed E-state index contributed by atoms with van der Waals surface area (Å²) in [5.74, 6) is 0. The second-order valence-electron chi connectivity index (χ2n) is 2.67. The minimum absolute atomic E-state index is 0. The molecule has 10 heavy (non-hydrogen) atoms. The van der Waals surface area contributed by atoms with Crippen molar-refractivity contribution in [1.82, 2.24) is 0 Å². The van der Waals surface area contributed by atoms with Crippen LogP contribution < -0.4 is 0 Å². The number of benzene rings is 1. The Morgan fingerprint density at radius 3 is 1.10 bits per heavy atom. The third-order valence-electron chi connectivity index (χ3n) is 1.37. The van der Waals surface area contributed by atoms with Gasteiger partial charge in [0.2, 0.25) is 0 Å². The molecule has 0 bridgehead atoms. The van der Waals surface area contributed by atoms with Crippen LogP contribution in [0.1, 0.15) is 16.7 Å². The Morgan fingerprint density at radius 2 is 0.900 bits per heavy atom. The Bertz CT molecular complexity index is 165. The summed E-state index contributed by atoms with van der Waals surface area (Å²) in [5.41, 5.74) is 4.06. The average molecular weight is 176 g/mol. The molecule has 1 aromatic carbocycles. The summed E-state index contributed by atoms with van der Waals surface area (Å²) in [4.78, 5) is 0. The molecule has 0 radical (unpaired) electrons. The zero-order chi connectivity index (χ0) is 6.85. The van der Waals surface area contributed by atoms with Crippen molar-refractivity contribution in [2.24, 2.45) is 0 Å². The molecule has 0 spiro atoms. The second kappa shape index (κ2) is 3.80. The van der Waals surface area contributed by atoms with Gasteiger partial charge in [0.15, 0.2) is 0 Å². The Balaban J connectivity index is 0.000000810. The summed E-state index contributed by atoms with van der Waals surface area (Å²) in [6.07, 6.45) is 0. The molecule has 0 aliphatic carbocycles. The first-order valence-corrected chi connectivity index (χ1v) is 3.23. The van der Waals surface area contributed by atoms with E-state index < -0.39 is 0 Å². The smallest absolute Gasteiger partial charge is 0 e. The largest absolute Gasteiger partial charge is 0.0564 e. The maximum atomic E-state index is 2.19. The van der Waals surface area contributed by atoms with Crippen molar-refractivity contribution < 1.29 is 17.1 Å². The first-order chi connectivity index (χ1) is 4.18. The molecular formula is C9H12Fe. The van der Waals surface area contributed by atoms with Crippen LogP contribution >= 0.6 is 0 Å². The predicted molar refractivity (Wildman–Crippen MR) is 40.7 cm³/mol. The molecule has 1 rings (SSSR count). The normalized spacial score (nSPS) is 8.70. The average Bonchev–Trinajstić information content (AvgIpc) is 1.59. The number of rotatable bonds is 0. The quantitative estimate of drug-likeness (QED) is 0.533. The molecular weight excluding hydrogens is 164 g/mol. The van der Waals surface area contributed by atoms with Gasteiger partial charge in [0.25, 0.3) is 0 Å². The van der Waals surface area contributed by atoms with E-state index in [1.165, 1.54) is 16.7 Å². The Morgan fingerprint density at radius 1 is 0.700 bits per heavy atom. The van der Waals surface area contributed by atoms with Gasteiger partial charge in [0, 0.05) is 17.1 Å². The summed E-state index contributed by atoms with van der Waals surface area (Å²) in [7, 11) is 0. The van der Waals surface area contributed by atoms with E-state index >= 15 is 0 Å². The van der Waals surface area contributed by atoms with Crippen LogP contribution in [-0.4, -0.2) is 0 Å². The van der Waals surface area contributed by atoms with Crippen LogP contribution in [-0.2, 0) is 17.1 Å². The van der Waals surface area contributed by atoms with Crippen LogP contribution in [0.5, 0.6) is 0 Å². The molecule has 0 aromatic heterocycles. The van der Waals surface area contributed by atoms with Crippen molar-refractivity contribution in [2.45, 2.75) is 20.8 Å². The van der Waals surface area contributed by atoms with Crippen molar-refractivity contribution in [3.05, 3.63) is 34.9 Å². The van der Waals surface area contributed by atoms with Gasteiger partial charge in [0.1, 0.15) is 0 Å². The molecule has 0 nitrogen and oxygen atoms in total. The molecule has 0 saturated heterocycles. The predicted octanol–water partition coefficient (Wildman–Crippen LogP) is 2.61. The molecule has 0 atom stereocenters. The first-order valence-electron chi connectivity index (χ1n) is 3.23. The SMILES string of the molecule is Cc1cc(C)cc(C)c1.[Fe]. The second-order valence-corrected chi connectivity index (χ2v) is 2.67. The van der Waals surface area contributed by atoms with Crippen molar-refractivity contribution in [3.8, 4) is 0 Å². The van der Waals surface area contributed by atoms with Crippen LogP contribution in [0.15, 0.2) is 18.2 Å². The summed E-state index contributed by atoms with van der Waals surface area (Å²) in [6.45, 7) is 6.38. The van der Waals surface area contributed by atoms with Gasteiger partial charge >= 0.3 is 0 Å². The van der Waals surface area contributed by atoms with Crippen LogP contribution in [0.4, 0.5) is 0 Å². The minimum Gasteiger partial charge on any atom is -0.0564 e. The van der Waals surface area contributed by atoms with Crippen molar-refractivity contribution in [3.63, 3.8) is 0 Å². The van der Waals surface area contributed by atoms with Gasteiger partial charge in [-0.15, -0.1) is 0 Å². The summed E-state index contributed by atoms with van der Waals surface area (Å²) in [6, 6.07) is 6.56. The molecule has 56 valence electrons. The minimum atomic E-state index is 0. The van der Waals surface area contributed by atoms with E-state index in [9.17, 15) is 0 Å². The summed E-state index contributed by atoms with van der Waals surface area (Å²) < 4.78 is 0. The standard InChI is InChI=1S/C9H12.Fe/c1-7-4-8(2)6-9(3)5-7;/h4-6H,1-3H3;. The zero-order valence-electron chi connectivity index (χ0n) is 6.59. The summed E-state index contributed by atoms with van der Waals surface area (Å²) >= 11 is 0. The molecule has 0 N–H and O–H groups in total. The fourth-order valence-electron chi connectivity index (χ4n) is 1.20. The maximum Gasteiger partial charge on any atom is 0 e. The Labute approximate surface area is 73.1 Å². The third-order valence-corrected chi connectivity index (χ3v) is 1.37. The number of aryl methyl sites for hydroxylation is 3. The van der Waals surface area contributed by atoms with Gasteiger partial charge in [-0.2, -0.15) is 0 Å². The molecule has 0 fully saturated rings. The van der Waals surface area contributed by atoms with Gasteiger partial charge in [-0.3, -0.25) is 0 Å². The van der Waals surface area contributed by atoms with Gasteiger partial charge in [0.05, 0.1) is 0 Å². The van der Waals surface area contributed by atoms with Gasteiger partial charge in [-0.05, 0) is 20.8 Å². The van der Waals surface area contributed by atoms with E-state index in [1.807, 2.05) is 0 Å². The monoisotopic (exact) mass is 176 g/mol. The van der Waals surface area contributed by atoms with E-state index in [2.05, 4.69) is 39.0 Å². The van der Waals surface area contributed by atoms with E-state index in [0.717, 1.165) is 0 Å². The van der Waals surface area contributed by atoms with Crippen molar-refractivity contribution in [2.75, 3.05) is 0 Å². The maximum absolute atomic E-state index is 2.19. The molecule has 1 aromatic rings. The van der Waals surface area contributed by atoms with Crippen molar-refractivity contribution >= 4 is 0 Å². The van der Waals surface area contributed by atoms with E-state index in [-0.39, 0.29) is 17.1 Å². The zero-order valence-corrected chi connectivity index (χ0v) is 7.69. The molecule has 0 saturated carbocycles. The van der Waals surface area contributed by atoms with Crippen LogP contribution in [0.25, 0.3) is 0 Å². The van der Waals surface area contributed by atoms with E-state index in [1.54, 1.807) is 0 Å². The number of hydrogen-bond donors (Lipinski definition) is 0.